The number of nitrogens with zero attached hydrogens (tertiary/aromatic N) is 1. The zero-order valence-corrected chi connectivity index (χ0v) is 19.4. The summed E-state index contributed by atoms with van der Waals surface area (Å²) in [5.74, 6) is 1.61. The fraction of sp³-hybridized carbons (Fsp3) is 0.500. The molecule has 30 heavy (non-hydrogen) atoms. The number of fused-ring (bicyclic) bond motifs is 1. The van der Waals surface area contributed by atoms with Gasteiger partial charge in [-0.15, -0.1) is 0 Å². The molecule has 0 bridgehead atoms. The third-order valence-electron chi connectivity index (χ3n) is 5.86. The van der Waals surface area contributed by atoms with Gasteiger partial charge in [0.25, 0.3) is 0 Å². The summed E-state index contributed by atoms with van der Waals surface area (Å²) >= 11 is 12.4. The average Bonchev–Trinajstić information content (AvgIpc) is 3.02. The molecular formula is C24H30Cl2N2O2. The van der Waals surface area contributed by atoms with E-state index in [2.05, 4.69) is 31.0 Å². The van der Waals surface area contributed by atoms with Gasteiger partial charge in [-0.2, -0.15) is 0 Å². The Kier molecular flexibility index (Phi) is 6.38. The highest BCUT2D eigenvalue weighted by molar-refractivity contribution is 6.31. The van der Waals surface area contributed by atoms with Gasteiger partial charge >= 0.3 is 0 Å². The van der Waals surface area contributed by atoms with Crippen LogP contribution >= 0.6 is 23.2 Å². The fourth-order valence-corrected chi connectivity index (χ4v) is 4.76. The van der Waals surface area contributed by atoms with Gasteiger partial charge in [-0.3, -0.25) is 4.90 Å². The normalized spacial score (nSPS) is 19.8. The number of hydrogen-bond acceptors (Lipinski definition) is 4. The van der Waals surface area contributed by atoms with Crippen molar-refractivity contribution in [3.63, 3.8) is 0 Å². The lowest BCUT2D eigenvalue weighted by Gasteiger charge is -2.37. The molecule has 0 amide bonds. The predicted molar refractivity (Wildman–Crippen MR) is 124 cm³/mol. The third-order valence-corrected chi connectivity index (χ3v) is 6.33. The van der Waals surface area contributed by atoms with E-state index in [1.807, 2.05) is 36.4 Å². The number of ether oxygens (including phenoxy) is 2. The quantitative estimate of drug-likeness (QED) is 0.554. The smallest absolute Gasteiger partial charge is 0.165 e. The number of benzene rings is 2. The molecule has 162 valence electrons. The fourth-order valence-electron chi connectivity index (χ4n) is 4.40. The minimum Gasteiger partial charge on any atom is -0.483 e. The molecule has 1 atom stereocenters. The van der Waals surface area contributed by atoms with Crippen molar-refractivity contribution in [1.29, 1.82) is 0 Å². The van der Waals surface area contributed by atoms with Crippen LogP contribution in [0.3, 0.4) is 0 Å². The molecule has 0 saturated carbocycles. The molecule has 2 aliphatic rings. The van der Waals surface area contributed by atoms with Gasteiger partial charge in [0.05, 0.1) is 0 Å². The molecule has 1 fully saturated rings. The second-order valence-corrected chi connectivity index (χ2v) is 9.75. The van der Waals surface area contributed by atoms with Gasteiger partial charge in [0, 0.05) is 52.9 Å². The van der Waals surface area contributed by atoms with Gasteiger partial charge in [-0.25, -0.2) is 0 Å². The number of nitrogens with one attached hydrogen (secondary N) is 1. The summed E-state index contributed by atoms with van der Waals surface area (Å²) in [6.07, 6.45) is 3.90. The summed E-state index contributed by atoms with van der Waals surface area (Å²) in [5.41, 5.74) is 2.03. The Morgan fingerprint density at radius 3 is 2.50 bits per heavy atom. The minimum absolute atomic E-state index is 0.0105. The summed E-state index contributed by atoms with van der Waals surface area (Å²) in [6.45, 7) is 8.33. The van der Waals surface area contributed by atoms with E-state index >= 15 is 0 Å². The maximum atomic E-state index is 6.47. The van der Waals surface area contributed by atoms with Crippen LogP contribution in [0.25, 0.3) is 0 Å². The highest BCUT2D eigenvalue weighted by Crippen LogP contribution is 2.44. The van der Waals surface area contributed by atoms with Crippen molar-refractivity contribution < 1.29 is 9.47 Å². The molecule has 2 heterocycles. The largest absolute Gasteiger partial charge is 0.483 e. The Morgan fingerprint density at radius 2 is 1.83 bits per heavy atom. The molecule has 4 rings (SSSR count). The Hall–Kier alpha value is -1.62. The SMILES string of the molecule is CCC(Oc1cc(Cl)cc2c1OC(C)(C)C2)N1CCC(Nc2ccc(Cl)cc2)CC1. The van der Waals surface area contributed by atoms with Crippen LogP contribution < -0.4 is 14.8 Å². The van der Waals surface area contributed by atoms with Crippen LogP contribution in [0, 0.1) is 0 Å². The highest BCUT2D eigenvalue weighted by Gasteiger charge is 2.34. The van der Waals surface area contributed by atoms with Gasteiger partial charge in [-0.05, 0) is 63.4 Å². The topological polar surface area (TPSA) is 33.7 Å². The van der Waals surface area contributed by atoms with Crippen LogP contribution in [-0.4, -0.2) is 35.9 Å². The van der Waals surface area contributed by atoms with Crippen LogP contribution in [0.5, 0.6) is 11.5 Å². The van der Waals surface area contributed by atoms with Crippen molar-refractivity contribution in [2.24, 2.45) is 0 Å². The summed E-state index contributed by atoms with van der Waals surface area (Å²) in [4.78, 5) is 2.42. The third kappa shape index (κ3) is 4.99. The van der Waals surface area contributed by atoms with E-state index in [-0.39, 0.29) is 11.8 Å². The second kappa shape index (κ2) is 8.86. The van der Waals surface area contributed by atoms with Crippen LogP contribution in [0.1, 0.15) is 45.6 Å². The van der Waals surface area contributed by atoms with Crippen LogP contribution in [0.15, 0.2) is 36.4 Å². The van der Waals surface area contributed by atoms with Gasteiger partial charge in [0.1, 0.15) is 5.60 Å². The highest BCUT2D eigenvalue weighted by atomic mass is 35.5. The van der Waals surface area contributed by atoms with E-state index in [9.17, 15) is 0 Å². The van der Waals surface area contributed by atoms with Gasteiger partial charge in [0.2, 0.25) is 0 Å². The molecule has 0 aromatic heterocycles. The maximum Gasteiger partial charge on any atom is 0.165 e. The van der Waals surface area contributed by atoms with Crippen LogP contribution in [0.4, 0.5) is 5.69 Å². The average molecular weight is 449 g/mol. The molecule has 6 heteroatoms. The van der Waals surface area contributed by atoms with E-state index in [0.29, 0.717) is 11.1 Å². The molecule has 1 saturated heterocycles. The molecule has 4 nitrogen and oxygen atoms in total. The number of anilines is 1. The lowest BCUT2D eigenvalue weighted by molar-refractivity contribution is 0.00451. The molecule has 1 unspecified atom stereocenters. The monoisotopic (exact) mass is 448 g/mol. The summed E-state index contributed by atoms with van der Waals surface area (Å²) in [5, 5.41) is 5.08. The summed E-state index contributed by atoms with van der Waals surface area (Å²) in [7, 11) is 0. The molecule has 0 spiro atoms. The first-order valence-electron chi connectivity index (χ1n) is 10.8. The van der Waals surface area contributed by atoms with Gasteiger partial charge in [0.15, 0.2) is 17.7 Å². The molecule has 1 N–H and O–H groups in total. The Morgan fingerprint density at radius 1 is 1.13 bits per heavy atom. The van der Waals surface area contributed by atoms with Crippen molar-refractivity contribution in [2.45, 2.75) is 64.3 Å². The summed E-state index contributed by atoms with van der Waals surface area (Å²) < 4.78 is 12.7. The van der Waals surface area contributed by atoms with E-state index in [0.717, 1.165) is 66.5 Å². The van der Waals surface area contributed by atoms with Gasteiger partial charge in [-0.1, -0.05) is 30.1 Å². The van der Waals surface area contributed by atoms with E-state index in [1.165, 1.54) is 0 Å². The van der Waals surface area contributed by atoms with E-state index in [4.69, 9.17) is 32.7 Å². The standard InChI is InChI=1S/C24H30Cl2N2O2/c1-4-22(29-21-14-18(26)13-16-15-24(2,3)30-23(16)21)28-11-9-20(10-12-28)27-19-7-5-17(25)6-8-19/h5-8,13-14,20,22,27H,4,9-12,15H2,1-3H3. The molecule has 2 aromatic carbocycles. The van der Waals surface area contributed by atoms with E-state index in [1.54, 1.807) is 0 Å². The first-order chi connectivity index (χ1) is 14.3. The van der Waals surface area contributed by atoms with E-state index < -0.39 is 0 Å². The first-order valence-corrected chi connectivity index (χ1v) is 11.5. The maximum absolute atomic E-state index is 6.47. The Balaban J connectivity index is 1.39. The number of likely N-dealkylation sites (tertiary alicyclic amines) is 1. The number of halogens is 2. The number of rotatable bonds is 6. The minimum atomic E-state index is -0.224. The predicted octanol–water partition coefficient (Wildman–Crippen LogP) is 6.40. The Bertz CT molecular complexity index is 878. The second-order valence-electron chi connectivity index (χ2n) is 8.87. The number of piperidine rings is 1. The zero-order valence-electron chi connectivity index (χ0n) is 17.9. The molecule has 0 radical (unpaired) electrons. The molecule has 2 aromatic rings. The summed E-state index contributed by atoms with van der Waals surface area (Å²) in [6, 6.07) is 12.3. The van der Waals surface area contributed by atoms with Crippen molar-refractivity contribution >= 4 is 28.9 Å². The van der Waals surface area contributed by atoms with Crippen LogP contribution in [-0.2, 0) is 6.42 Å². The van der Waals surface area contributed by atoms with Gasteiger partial charge < -0.3 is 14.8 Å². The lowest BCUT2D eigenvalue weighted by atomic mass is 10.0. The van der Waals surface area contributed by atoms with Crippen LogP contribution in [0.2, 0.25) is 10.0 Å². The first kappa shape index (κ1) is 21.6. The number of hydrogen-bond donors (Lipinski definition) is 1. The van der Waals surface area contributed by atoms with Crippen molar-refractivity contribution in [3.05, 3.63) is 52.0 Å². The zero-order chi connectivity index (χ0) is 21.3. The molecular weight excluding hydrogens is 419 g/mol. The molecule has 0 aliphatic carbocycles. The van der Waals surface area contributed by atoms with Crippen molar-refractivity contribution in [3.8, 4) is 11.5 Å². The lowest BCUT2D eigenvalue weighted by Crippen LogP contribution is -2.46. The Labute approximate surface area is 189 Å². The van der Waals surface area contributed by atoms with Crippen molar-refractivity contribution in [1.82, 2.24) is 4.90 Å². The molecule has 2 aliphatic heterocycles. The van der Waals surface area contributed by atoms with Crippen molar-refractivity contribution in [2.75, 3.05) is 18.4 Å².